The zero-order valence-corrected chi connectivity index (χ0v) is 15.4. The molecule has 0 bridgehead atoms. The summed E-state index contributed by atoms with van der Waals surface area (Å²) in [5, 5.41) is 1.11. The highest BCUT2D eigenvalue weighted by atomic mass is 16.5. The molecule has 0 saturated carbocycles. The second kappa shape index (κ2) is 8.06. The monoisotopic (exact) mass is 352 g/mol. The van der Waals surface area contributed by atoms with Gasteiger partial charge in [0.05, 0.1) is 6.54 Å². The zero-order valence-electron chi connectivity index (χ0n) is 15.4. The van der Waals surface area contributed by atoms with Crippen LogP contribution in [0, 0.1) is 0 Å². The number of para-hydroxylation sites is 2. The Bertz CT molecular complexity index is 853. The summed E-state index contributed by atoms with van der Waals surface area (Å²) in [6.45, 7) is 1.43. The van der Waals surface area contributed by atoms with E-state index >= 15 is 0 Å². The lowest BCUT2D eigenvalue weighted by molar-refractivity contribution is -0.130. The molecule has 0 unspecified atom stereocenters. The van der Waals surface area contributed by atoms with Crippen LogP contribution in [0.2, 0.25) is 0 Å². The van der Waals surface area contributed by atoms with Crippen LogP contribution in [0.5, 0.6) is 5.75 Å². The summed E-state index contributed by atoms with van der Waals surface area (Å²) in [5.74, 6) is 1.60. The van der Waals surface area contributed by atoms with Gasteiger partial charge in [0.25, 0.3) is 5.91 Å². The number of furan rings is 1. The molecule has 0 fully saturated rings. The largest absolute Gasteiger partial charge is 0.483 e. The Morgan fingerprint density at radius 2 is 1.73 bits per heavy atom. The molecule has 5 heteroatoms. The predicted octanol–water partition coefficient (Wildman–Crippen LogP) is 3.53. The SMILES string of the molecule is CN(Cc1cc2ccccc2o1)Cc1ccccc1OCC(=O)N(C)C. The number of likely N-dealkylation sites (N-methyl/N-ethyl adjacent to an activating group) is 1. The number of carbonyl (C=O) groups excluding carboxylic acids is 1. The first-order chi connectivity index (χ1) is 12.5. The molecule has 3 aromatic rings. The van der Waals surface area contributed by atoms with E-state index < -0.39 is 0 Å². The van der Waals surface area contributed by atoms with E-state index in [1.807, 2.05) is 55.6 Å². The van der Waals surface area contributed by atoms with Gasteiger partial charge in [-0.1, -0.05) is 36.4 Å². The third kappa shape index (κ3) is 4.43. The van der Waals surface area contributed by atoms with Gasteiger partial charge in [-0.05, 0) is 25.2 Å². The summed E-state index contributed by atoms with van der Waals surface area (Å²) in [4.78, 5) is 15.4. The normalized spacial score (nSPS) is 11.1. The van der Waals surface area contributed by atoms with Gasteiger partial charge < -0.3 is 14.1 Å². The van der Waals surface area contributed by atoms with Gasteiger partial charge in [-0.2, -0.15) is 0 Å². The molecule has 0 saturated heterocycles. The molecule has 2 aromatic carbocycles. The van der Waals surface area contributed by atoms with Gasteiger partial charge in [0, 0.05) is 31.6 Å². The van der Waals surface area contributed by atoms with Crippen LogP contribution in [0.15, 0.2) is 59.0 Å². The first-order valence-electron chi connectivity index (χ1n) is 8.60. The van der Waals surface area contributed by atoms with Crippen LogP contribution in [-0.4, -0.2) is 43.5 Å². The molecular formula is C21H24N2O3. The van der Waals surface area contributed by atoms with E-state index in [4.69, 9.17) is 9.15 Å². The first-order valence-corrected chi connectivity index (χ1v) is 8.60. The molecule has 0 atom stereocenters. The van der Waals surface area contributed by atoms with Crippen LogP contribution in [0.25, 0.3) is 11.0 Å². The highest BCUT2D eigenvalue weighted by Crippen LogP contribution is 2.23. The van der Waals surface area contributed by atoms with Crippen LogP contribution < -0.4 is 4.74 Å². The van der Waals surface area contributed by atoms with Crippen LogP contribution in [0.1, 0.15) is 11.3 Å². The molecule has 1 aromatic heterocycles. The van der Waals surface area contributed by atoms with Crippen molar-refractivity contribution < 1.29 is 13.9 Å². The lowest BCUT2D eigenvalue weighted by Crippen LogP contribution is -2.28. The van der Waals surface area contributed by atoms with Gasteiger partial charge in [-0.15, -0.1) is 0 Å². The Kier molecular flexibility index (Phi) is 5.58. The second-order valence-corrected chi connectivity index (χ2v) is 6.61. The number of benzene rings is 2. The molecule has 3 rings (SSSR count). The lowest BCUT2D eigenvalue weighted by Gasteiger charge is -2.18. The number of nitrogens with zero attached hydrogens (tertiary/aromatic N) is 2. The quantitative estimate of drug-likeness (QED) is 0.653. The third-order valence-corrected chi connectivity index (χ3v) is 4.17. The number of ether oxygens (including phenoxy) is 1. The maximum atomic E-state index is 11.8. The maximum absolute atomic E-state index is 11.8. The van der Waals surface area contributed by atoms with Gasteiger partial charge in [-0.25, -0.2) is 0 Å². The van der Waals surface area contributed by atoms with Crippen molar-refractivity contribution in [3.05, 3.63) is 65.9 Å². The minimum Gasteiger partial charge on any atom is -0.483 e. The van der Waals surface area contributed by atoms with Crippen molar-refractivity contribution in [1.29, 1.82) is 0 Å². The van der Waals surface area contributed by atoms with Gasteiger partial charge >= 0.3 is 0 Å². The number of carbonyl (C=O) groups is 1. The molecule has 0 spiro atoms. The van der Waals surface area contributed by atoms with E-state index in [9.17, 15) is 4.79 Å². The van der Waals surface area contributed by atoms with Crippen LogP contribution >= 0.6 is 0 Å². The highest BCUT2D eigenvalue weighted by molar-refractivity contribution is 5.77. The van der Waals surface area contributed by atoms with Gasteiger partial charge in [-0.3, -0.25) is 9.69 Å². The van der Waals surface area contributed by atoms with Gasteiger partial charge in [0.1, 0.15) is 17.1 Å². The van der Waals surface area contributed by atoms with Crippen molar-refractivity contribution in [1.82, 2.24) is 9.80 Å². The Hall–Kier alpha value is -2.79. The summed E-state index contributed by atoms with van der Waals surface area (Å²) >= 11 is 0. The maximum Gasteiger partial charge on any atom is 0.259 e. The highest BCUT2D eigenvalue weighted by Gasteiger charge is 2.11. The number of amides is 1. The van der Waals surface area contributed by atoms with Gasteiger partial charge in [0.2, 0.25) is 0 Å². The first kappa shape index (κ1) is 18.0. The molecule has 0 aliphatic carbocycles. The number of hydrogen-bond acceptors (Lipinski definition) is 4. The van der Waals surface area contributed by atoms with Crippen LogP contribution in [0.3, 0.4) is 0 Å². The molecule has 0 aliphatic rings. The fourth-order valence-electron chi connectivity index (χ4n) is 2.77. The Labute approximate surface area is 153 Å². The van der Waals surface area contributed by atoms with E-state index in [1.54, 1.807) is 14.1 Å². The van der Waals surface area contributed by atoms with Crippen LogP contribution in [-0.2, 0) is 17.9 Å². The Morgan fingerprint density at radius 3 is 2.50 bits per heavy atom. The fraction of sp³-hybridized carbons (Fsp3) is 0.286. The lowest BCUT2D eigenvalue weighted by atomic mass is 10.2. The van der Waals surface area contributed by atoms with Crippen molar-refractivity contribution >= 4 is 16.9 Å². The van der Waals surface area contributed by atoms with E-state index in [-0.39, 0.29) is 12.5 Å². The van der Waals surface area contributed by atoms with Crippen molar-refractivity contribution in [3.8, 4) is 5.75 Å². The van der Waals surface area contributed by atoms with E-state index in [1.165, 1.54) is 4.90 Å². The molecule has 1 amide bonds. The molecule has 5 nitrogen and oxygen atoms in total. The third-order valence-electron chi connectivity index (χ3n) is 4.17. The van der Waals surface area contributed by atoms with E-state index in [0.29, 0.717) is 13.1 Å². The molecular weight excluding hydrogens is 328 g/mol. The van der Waals surface area contributed by atoms with Gasteiger partial charge in [0.15, 0.2) is 6.61 Å². The number of fused-ring (bicyclic) bond motifs is 1. The molecule has 0 N–H and O–H groups in total. The summed E-state index contributed by atoms with van der Waals surface area (Å²) < 4.78 is 11.6. The molecule has 0 radical (unpaired) electrons. The topological polar surface area (TPSA) is 45.9 Å². The van der Waals surface area contributed by atoms with Crippen molar-refractivity contribution in [2.24, 2.45) is 0 Å². The smallest absolute Gasteiger partial charge is 0.259 e. The number of hydrogen-bond donors (Lipinski definition) is 0. The predicted molar refractivity (Wildman–Crippen MR) is 102 cm³/mol. The molecule has 1 heterocycles. The van der Waals surface area contributed by atoms with E-state index in [0.717, 1.165) is 28.0 Å². The van der Waals surface area contributed by atoms with Crippen molar-refractivity contribution in [2.75, 3.05) is 27.7 Å². The Balaban J connectivity index is 1.65. The average molecular weight is 352 g/mol. The summed E-state index contributed by atoms with van der Waals surface area (Å²) in [6, 6.07) is 17.9. The minimum atomic E-state index is -0.0598. The molecule has 26 heavy (non-hydrogen) atoms. The standard InChI is InChI=1S/C21H24N2O3/c1-22(2)21(24)15-25-19-10-6-5-9-17(19)13-23(3)14-18-12-16-8-4-7-11-20(16)26-18/h4-12H,13-15H2,1-3H3. The summed E-state index contributed by atoms with van der Waals surface area (Å²) in [7, 11) is 5.48. The summed E-state index contributed by atoms with van der Waals surface area (Å²) in [6.07, 6.45) is 0. The summed E-state index contributed by atoms with van der Waals surface area (Å²) in [5.41, 5.74) is 1.94. The van der Waals surface area contributed by atoms with Crippen molar-refractivity contribution in [3.63, 3.8) is 0 Å². The Morgan fingerprint density at radius 1 is 1.00 bits per heavy atom. The average Bonchev–Trinajstić information content (AvgIpc) is 3.02. The fourth-order valence-corrected chi connectivity index (χ4v) is 2.77. The van der Waals surface area contributed by atoms with Crippen LogP contribution in [0.4, 0.5) is 0 Å². The zero-order chi connectivity index (χ0) is 18.5. The second-order valence-electron chi connectivity index (χ2n) is 6.61. The van der Waals surface area contributed by atoms with Crippen molar-refractivity contribution in [2.45, 2.75) is 13.1 Å². The van der Waals surface area contributed by atoms with E-state index in [2.05, 4.69) is 11.0 Å². The minimum absolute atomic E-state index is 0.0390. The molecule has 0 aliphatic heterocycles. The molecule has 136 valence electrons. The number of rotatable bonds is 7.